The lowest BCUT2D eigenvalue weighted by atomic mass is 9.72. The zero-order valence-electron chi connectivity index (χ0n) is 9.60. The molecule has 0 bridgehead atoms. The molecule has 1 aromatic rings. The number of rotatable bonds is 2. The number of hydrogen-bond acceptors (Lipinski definition) is 3. The average Bonchev–Trinajstić information content (AvgIpc) is 2.67. The Labute approximate surface area is 94.8 Å². The SMILES string of the molecule is CC1CC(=O)C(C(=O)c2ccco2)C(C)C1. The maximum atomic E-state index is 12.1. The van der Waals surface area contributed by atoms with Crippen LogP contribution in [0.5, 0.6) is 0 Å². The molecule has 3 nitrogen and oxygen atoms in total. The van der Waals surface area contributed by atoms with E-state index in [2.05, 4.69) is 6.92 Å². The van der Waals surface area contributed by atoms with Crippen LogP contribution in [-0.4, -0.2) is 11.6 Å². The molecule has 16 heavy (non-hydrogen) atoms. The van der Waals surface area contributed by atoms with E-state index < -0.39 is 5.92 Å². The van der Waals surface area contributed by atoms with Crippen molar-refractivity contribution in [2.24, 2.45) is 17.8 Å². The number of hydrogen-bond donors (Lipinski definition) is 0. The highest BCUT2D eigenvalue weighted by Gasteiger charge is 2.38. The van der Waals surface area contributed by atoms with Crippen LogP contribution in [0.1, 0.15) is 37.2 Å². The highest BCUT2D eigenvalue weighted by molar-refractivity contribution is 6.09. The summed E-state index contributed by atoms with van der Waals surface area (Å²) in [6.07, 6.45) is 2.91. The van der Waals surface area contributed by atoms with Crippen molar-refractivity contribution in [3.8, 4) is 0 Å². The molecule has 1 aliphatic rings. The fourth-order valence-electron chi connectivity index (χ4n) is 2.62. The summed E-state index contributed by atoms with van der Waals surface area (Å²) >= 11 is 0. The van der Waals surface area contributed by atoms with E-state index in [1.54, 1.807) is 12.1 Å². The predicted molar refractivity (Wildman–Crippen MR) is 59.1 cm³/mol. The monoisotopic (exact) mass is 220 g/mol. The summed E-state index contributed by atoms with van der Waals surface area (Å²) in [5.41, 5.74) is 0. The van der Waals surface area contributed by atoms with Crippen molar-refractivity contribution < 1.29 is 14.0 Å². The van der Waals surface area contributed by atoms with E-state index in [0.29, 0.717) is 18.1 Å². The van der Waals surface area contributed by atoms with Crippen molar-refractivity contribution in [2.45, 2.75) is 26.7 Å². The summed E-state index contributed by atoms with van der Waals surface area (Å²) < 4.78 is 5.07. The van der Waals surface area contributed by atoms with E-state index in [1.807, 2.05) is 6.92 Å². The highest BCUT2D eigenvalue weighted by Crippen LogP contribution is 2.33. The predicted octanol–water partition coefficient (Wildman–Crippen LogP) is 2.71. The first-order valence-corrected chi connectivity index (χ1v) is 5.70. The van der Waals surface area contributed by atoms with Gasteiger partial charge in [0.15, 0.2) is 5.76 Å². The molecule has 0 aliphatic heterocycles. The van der Waals surface area contributed by atoms with Crippen LogP contribution in [-0.2, 0) is 4.79 Å². The zero-order valence-corrected chi connectivity index (χ0v) is 9.60. The molecule has 0 N–H and O–H groups in total. The van der Waals surface area contributed by atoms with Crippen LogP contribution >= 0.6 is 0 Å². The van der Waals surface area contributed by atoms with Gasteiger partial charge in [0.05, 0.1) is 12.2 Å². The Morgan fingerprint density at radius 3 is 2.75 bits per heavy atom. The van der Waals surface area contributed by atoms with Crippen molar-refractivity contribution in [3.05, 3.63) is 24.2 Å². The summed E-state index contributed by atoms with van der Waals surface area (Å²) in [6, 6.07) is 3.30. The second-order valence-electron chi connectivity index (χ2n) is 4.81. The molecule has 0 saturated heterocycles. The van der Waals surface area contributed by atoms with Crippen molar-refractivity contribution >= 4 is 11.6 Å². The molecule has 1 heterocycles. The van der Waals surface area contributed by atoms with E-state index in [4.69, 9.17) is 4.42 Å². The maximum absolute atomic E-state index is 12.1. The van der Waals surface area contributed by atoms with Gasteiger partial charge in [-0.3, -0.25) is 9.59 Å². The van der Waals surface area contributed by atoms with Crippen molar-refractivity contribution in [3.63, 3.8) is 0 Å². The van der Waals surface area contributed by atoms with E-state index in [0.717, 1.165) is 6.42 Å². The fraction of sp³-hybridized carbons (Fsp3) is 0.538. The molecule has 1 fully saturated rings. The van der Waals surface area contributed by atoms with Gasteiger partial charge in [-0.25, -0.2) is 0 Å². The first-order chi connectivity index (χ1) is 7.59. The van der Waals surface area contributed by atoms with Gasteiger partial charge in [0.2, 0.25) is 5.78 Å². The van der Waals surface area contributed by atoms with Gasteiger partial charge in [-0.1, -0.05) is 13.8 Å². The lowest BCUT2D eigenvalue weighted by molar-refractivity contribution is -0.125. The molecular weight excluding hydrogens is 204 g/mol. The van der Waals surface area contributed by atoms with Crippen LogP contribution in [0.25, 0.3) is 0 Å². The molecule has 3 heteroatoms. The Morgan fingerprint density at radius 2 is 2.19 bits per heavy atom. The molecule has 1 aromatic heterocycles. The molecule has 0 amide bonds. The van der Waals surface area contributed by atoms with Gasteiger partial charge >= 0.3 is 0 Å². The maximum Gasteiger partial charge on any atom is 0.208 e. The average molecular weight is 220 g/mol. The zero-order chi connectivity index (χ0) is 11.7. The normalized spacial score (nSPS) is 30.4. The summed E-state index contributed by atoms with van der Waals surface area (Å²) in [6.45, 7) is 4.03. The third kappa shape index (κ3) is 1.94. The van der Waals surface area contributed by atoms with Gasteiger partial charge in [0.1, 0.15) is 5.78 Å². The number of ketones is 2. The number of Topliss-reactive ketones (excluding diaryl/α,β-unsaturated/α-hetero) is 2. The second-order valence-corrected chi connectivity index (χ2v) is 4.81. The van der Waals surface area contributed by atoms with E-state index in [-0.39, 0.29) is 17.5 Å². The second kappa shape index (κ2) is 4.24. The molecule has 0 spiro atoms. The van der Waals surface area contributed by atoms with Gasteiger partial charge in [-0.05, 0) is 30.4 Å². The number of carbonyl (C=O) groups is 2. The van der Waals surface area contributed by atoms with Crippen LogP contribution < -0.4 is 0 Å². The summed E-state index contributed by atoms with van der Waals surface area (Å²) in [4.78, 5) is 24.0. The quantitative estimate of drug-likeness (QED) is 0.568. The lowest BCUT2D eigenvalue weighted by Gasteiger charge is -2.29. The van der Waals surface area contributed by atoms with Gasteiger partial charge in [0, 0.05) is 6.42 Å². The van der Waals surface area contributed by atoms with Crippen LogP contribution in [0.15, 0.2) is 22.8 Å². The minimum absolute atomic E-state index is 0.0626. The molecule has 0 aromatic carbocycles. The van der Waals surface area contributed by atoms with E-state index >= 15 is 0 Å². The smallest absolute Gasteiger partial charge is 0.208 e. The first-order valence-electron chi connectivity index (χ1n) is 5.70. The Bertz CT molecular complexity index is 391. The van der Waals surface area contributed by atoms with E-state index in [1.165, 1.54) is 6.26 Å². The van der Waals surface area contributed by atoms with Crippen molar-refractivity contribution in [1.29, 1.82) is 0 Å². The Kier molecular flexibility index (Phi) is 2.95. The van der Waals surface area contributed by atoms with Crippen molar-refractivity contribution in [2.75, 3.05) is 0 Å². The number of furan rings is 1. The van der Waals surface area contributed by atoms with Gasteiger partial charge in [-0.2, -0.15) is 0 Å². The molecule has 86 valence electrons. The summed E-state index contributed by atoms with van der Waals surface area (Å²) in [5.74, 6) is 0.223. The molecular formula is C13H16O3. The van der Waals surface area contributed by atoms with Crippen molar-refractivity contribution in [1.82, 2.24) is 0 Å². The minimum Gasteiger partial charge on any atom is -0.461 e. The third-order valence-corrected chi connectivity index (χ3v) is 3.29. The molecule has 2 rings (SSSR count). The summed E-state index contributed by atoms with van der Waals surface area (Å²) in [5, 5.41) is 0. The van der Waals surface area contributed by atoms with E-state index in [9.17, 15) is 9.59 Å². The lowest BCUT2D eigenvalue weighted by Crippen LogP contribution is -2.36. The van der Waals surface area contributed by atoms with Gasteiger partial charge in [0.25, 0.3) is 0 Å². The first kappa shape index (κ1) is 11.1. The third-order valence-electron chi connectivity index (χ3n) is 3.29. The number of carbonyl (C=O) groups excluding carboxylic acids is 2. The topological polar surface area (TPSA) is 47.3 Å². The highest BCUT2D eigenvalue weighted by atomic mass is 16.3. The molecule has 1 aliphatic carbocycles. The van der Waals surface area contributed by atoms with Gasteiger partial charge < -0.3 is 4.42 Å². The molecule has 3 unspecified atom stereocenters. The molecule has 1 saturated carbocycles. The Balaban J connectivity index is 2.20. The largest absolute Gasteiger partial charge is 0.461 e. The fourth-order valence-corrected chi connectivity index (χ4v) is 2.62. The van der Waals surface area contributed by atoms with Crippen LogP contribution in [0.3, 0.4) is 0 Å². The minimum atomic E-state index is -0.498. The van der Waals surface area contributed by atoms with Crippen LogP contribution in [0.2, 0.25) is 0 Å². The van der Waals surface area contributed by atoms with Crippen LogP contribution in [0, 0.1) is 17.8 Å². The summed E-state index contributed by atoms with van der Waals surface area (Å²) in [7, 11) is 0. The van der Waals surface area contributed by atoms with Gasteiger partial charge in [-0.15, -0.1) is 0 Å². The van der Waals surface area contributed by atoms with Crippen LogP contribution in [0.4, 0.5) is 0 Å². The molecule has 3 atom stereocenters. The molecule has 0 radical (unpaired) electrons. The Hall–Kier alpha value is -1.38. The Morgan fingerprint density at radius 1 is 1.44 bits per heavy atom. The standard InChI is InChI=1S/C13H16O3/c1-8-6-9(2)12(10(14)7-8)13(15)11-4-3-5-16-11/h3-5,8-9,12H,6-7H2,1-2H3.